The number of phenolic OH excluding ortho intramolecular Hbond substituents is 1. The van der Waals surface area contributed by atoms with E-state index in [9.17, 15) is 7.85 Å². The number of aromatic nitrogens is 3. The van der Waals surface area contributed by atoms with Crippen LogP contribution in [0.25, 0.3) is 72.7 Å². The molecule has 0 unspecified atom stereocenters. The van der Waals surface area contributed by atoms with Gasteiger partial charge in [-0.3, -0.25) is 9.55 Å². The zero-order valence-corrected chi connectivity index (χ0v) is 40.7. The molecule has 0 bridgehead atoms. The number of hydrogen-bond acceptors (Lipinski definition) is 3. The Balaban J connectivity index is 1.48. The van der Waals surface area contributed by atoms with Gasteiger partial charge in [0.15, 0.2) is 0 Å². The van der Waals surface area contributed by atoms with Crippen LogP contribution < -0.4 is 0 Å². The summed E-state index contributed by atoms with van der Waals surface area (Å²) in [7, 11) is 0. The van der Waals surface area contributed by atoms with E-state index in [2.05, 4.69) is 144 Å². The van der Waals surface area contributed by atoms with E-state index in [4.69, 9.17) is 15.5 Å². The molecule has 8 rings (SSSR count). The molecular weight excluding hydrogens is 791 g/mol. The summed E-state index contributed by atoms with van der Waals surface area (Å²) in [5.41, 5.74) is 12.0. The van der Waals surface area contributed by atoms with E-state index in [-0.39, 0.29) is 39.6 Å². The topological polar surface area (TPSA) is 50.9 Å². The molecule has 0 aliphatic carbocycles. The largest absolute Gasteiger partial charge is 0.507 e. The van der Waals surface area contributed by atoms with E-state index in [0.717, 1.165) is 50.2 Å². The van der Waals surface area contributed by atoms with E-state index >= 15 is 0 Å². The minimum Gasteiger partial charge on any atom is -0.507 e. The summed E-state index contributed by atoms with van der Waals surface area (Å²) in [5.74, 6) is -0.616. The molecule has 2 heterocycles. The summed E-state index contributed by atoms with van der Waals surface area (Å²) in [4.78, 5) is 10.5. The number of rotatable bonds is 7. The van der Waals surface area contributed by atoms with Gasteiger partial charge in [-0.1, -0.05) is 182 Å². The summed E-state index contributed by atoms with van der Waals surface area (Å²) in [6, 6.07) is 33.0. The Hall–Kier alpha value is -6.26. The lowest BCUT2D eigenvalue weighted by molar-refractivity contribution is 0.446. The highest BCUT2D eigenvalue weighted by Crippen LogP contribution is 2.46. The van der Waals surface area contributed by atoms with Gasteiger partial charge in [-0.15, -0.1) is 0 Å². The van der Waals surface area contributed by atoms with Gasteiger partial charge in [0, 0.05) is 29.8 Å². The van der Waals surface area contributed by atoms with Crippen molar-refractivity contribution in [3.63, 3.8) is 0 Å². The van der Waals surface area contributed by atoms with Crippen LogP contribution in [-0.4, -0.2) is 19.6 Å². The van der Waals surface area contributed by atoms with Crippen LogP contribution in [0.15, 0.2) is 140 Å². The second-order valence-electron chi connectivity index (χ2n) is 21.9. The Kier molecular flexibility index (Phi) is 9.73. The Morgan fingerprint density at radius 2 is 1.20 bits per heavy atom. The molecule has 0 aliphatic rings. The first-order chi connectivity index (χ1) is 32.9. The third kappa shape index (κ3) is 9.06. The van der Waals surface area contributed by atoms with Crippen LogP contribution in [0.4, 0.5) is 0 Å². The second kappa shape index (κ2) is 16.6. The van der Waals surface area contributed by atoms with Crippen molar-refractivity contribution in [3.8, 4) is 67.5 Å². The van der Waals surface area contributed by atoms with Gasteiger partial charge in [0.05, 0.1) is 34.8 Å². The number of nitrogens with zero attached hydrogens (tertiary/aromatic N) is 3. The first-order valence-corrected chi connectivity index (χ1v) is 22.7. The zero-order valence-electron chi connectivity index (χ0n) is 46.7. The van der Waals surface area contributed by atoms with Crippen molar-refractivity contribution < 1.29 is 13.3 Å². The second-order valence-corrected chi connectivity index (χ2v) is 21.9. The molecule has 0 saturated heterocycles. The summed E-state index contributed by atoms with van der Waals surface area (Å²) < 4.78 is 55.5. The maximum atomic E-state index is 12.6. The molecular formula is C61H67N3O. The Bertz CT molecular complexity index is 3360. The molecule has 2 aromatic heterocycles. The van der Waals surface area contributed by atoms with Crippen LogP contribution in [0.3, 0.4) is 0 Å². The van der Waals surface area contributed by atoms with Crippen LogP contribution in [0.2, 0.25) is 0 Å². The fourth-order valence-electron chi connectivity index (χ4n) is 8.49. The summed E-state index contributed by atoms with van der Waals surface area (Å²) in [6.45, 7) is 29.4. The van der Waals surface area contributed by atoms with Crippen molar-refractivity contribution in [1.82, 2.24) is 14.5 Å². The number of phenols is 1. The van der Waals surface area contributed by atoms with Crippen molar-refractivity contribution >= 4 is 11.0 Å². The molecule has 6 aromatic carbocycles. The number of benzene rings is 6. The van der Waals surface area contributed by atoms with E-state index in [1.165, 1.54) is 5.56 Å². The number of fused-ring (bicyclic) bond motifs is 1. The van der Waals surface area contributed by atoms with Crippen molar-refractivity contribution in [1.29, 1.82) is 0 Å². The molecule has 65 heavy (non-hydrogen) atoms. The zero-order chi connectivity index (χ0) is 52.1. The third-order valence-corrected chi connectivity index (χ3v) is 12.5. The molecule has 0 aliphatic heterocycles. The van der Waals surface area contributed by atoms with Gasteiger partial charge in [-0.2, -0.15) is 0 Å². The van der Waals surface area contributed by atoms with Crippen LogP contribution in [-0.2, 0) is 21.7 Å². The quantitative estimate of drug-likeness (QED) is 0.174. The van der Waals surface area contributed by atoms with E-state index in [1.807, 2.05) is 47.2 Å². The molecule has 332 valence electrons. The van der Waals surface area contributed by atoms with E-state index in [1.54, 1.807) is 19.9 Å². The van der Waals surface area contributed by atoms with Crippen molar-refractivity contribution in [2.45, 2.75) is 124 Å². The van der Waals surface area contributed by atoms with Crippen molar-refractivity contribution in [2.24, 2.45) is 0 Å². The molecule has 0 radical (unpaired) electrons. The minimum atomic E-state index is -1.10. The molecule has 0 fully saturated rings. The number of imidazole rings is 1. The van der Waals surface area contributed by atoms with E-state index in [0.29, 0.717) is 39.2 Å². The van der Waals surface area contributed by atoms with Gasteiger partial charge in [0.2, 0.25) is 0 Å². The monoisotopic (exact) mass is 864 g/mol. The Labute approximate surface area is 396 Å². The predicted octanol–water partition coefficient (Wildman–Crippen LogP) is 16.8. The van der Waals surface area contributed by atoms with E-state index < -0.39 is 29.4 Å². The summed E-state index contributed by atoms with van der Waals surface area (Å²) >= 11 is 0. The fraction of sp³-hybridized carbons (Fsp3) is 0.311. The lowest BCUT2D eigenvalue weighted by Gasteiger charge is -2.27. The van der Waals surface area contributed by atoms with Gasteiger partial charge in [-0.05, 0) is 121 Å². The summed E-state index contributed by atoms with van der Waals surface area (Å²) in [6.07, 6.45) is 1.87. The predicted molar refractivity (Wildman–Crippen MR) is 277 cm³/mol. The first kappa shape index (κ1) is 38.1. The SMILES string of the molecule is [2H]c1c([2H])c([2H])c(-c2cc(C([2H])(C)C)ccc2-n2c(-c3cc(C(C)(C)C)cc(C(C)(C)C)c3O)nc3c(-c4cc(-c5cc(-c6ccc(C(C)(C)C)cc6)ccn5)cc(C(C)(C)C)c4)cccc32)c([2H])c1[2H]. The minimum absolute atomic E-state index is 0.00601. The molecule has 1 N–H and O–H groups in total. The Morgan fingerprint density at radius 1 is 0.554 bits per heavy atom. The van der Waals surface area contributed by atoms with Gasteiger partial charge in [0.1, 0.15) is 11.6 Å². The third-order valence-electron chi connectivity index (χ3n) is 12.5. The lowest BCUT2D eigenvalue weighted by atomic mass is 9.79. The molecule has 0 atom stereocenters. The molecule has 0 spiro atoms. The van der Waals surface area contributed by atoms with Crippen molar-refractivity contribution in [3.05, 3.63) is 167 Å². The Morgan fingerprint density at radius 3 is 1.83 bits per heavy atom. The fourth-order valence-corrected chi connectivity index (χ4v) is 8.49. The molecule has 0 amide bonds. The number of pyridine rings is 1. The highest BCUT2D eigenvalue weighted by atomic mass is 16.3. The lowest BCUT2D eigenvalue weighted by Crippen LogP contribution is -2.17. The maximum absolute atomic E-state index is 12.6. The highest BCUT2D eigenvalue weighted by molar-refractivity contribution is 5.98. The normalized spacial score (nSPS) is 14.1. The van der Waals surface area contributed by atoms with Gasteiger partial charge < -0.3 is 5.11 Å². The number of hydrogen-bond donors (Lipinski definition) is 1. The smallest absolute Gasteiger partial charge is 0.149 e. The van der Waals surface area contributed by atoms with Crippen molar-refractivity contribution in [2.75, 3.05) is 0 Å². The number of aromatic hydroxyl groups is 1. The average Bonchev–Trinajstić information content (AvgIpc) is 3.68. The highest BCUT2D eigenvalue weighted by Gasteiger charge is 2.30. The first-order valence-electron chi connectivity index (χ1n) is 25.7. The average molecular weight is 864 g/mol. The molecule has 4 nitrogen and oxygen atoms in total. The van der Waals surface area contributed by atoms with Crippen LogP contribution in [0, 0.1) is 0 Å². The standard InChI is InChI=1S/C61H67N3O/c1-38(2)41-25-28-53(49(34-41)40-19-16-15-17-20-40)64-54-22-18-21-48(55(54)63-57(64)50-36-47(60(9,10)11)37-51(56(50)65)61(12,13)14)43-31-44(33-46(32-43)59(6,7)8)52-35-42(29-30-62-52)39-23-26-45(27-24-39)58(3,4)5/h15-38,65H,1-14H3/i15D,16D,17D,19D,20D,38D. The van der Waals surface area contributed by atoms with Crippen LogP contribution in [0.5, 0.6) is 5.75 Å². The number of para-hydroxylation sites is 1. The van der Waals surface area contributed by atoms with Gasteiger partial charge in [0.25, 0.3) is 0 Å². The summed E-state index contributed by atoms with van der Waals surface area (Å²) in [5, 5.41) is 12.6. The molecule has 8 aromatic rings. The van der Waals surface area contributed by atoms with Crippen LogP contribution >= 0.6 is 0 Å². The van der Waals surface area contributed by atoms with Gasteiger partial charge in [-0.25, -0.2) is 4.98 Å². The van der Waals surface area contributed by atoms with Crippen LogP contribution in [0.1, 0.15) is 139 Å². The molecule has 4 heteroatoms. The maximum Gasteiger partial charge on any atom is 0.149 e. The molecule has 0 saturated carbocycles. The van der Waals surface area contributed by atoms with Gasteiger partial charge >= 0.3 is 0 Å².